The molecule has 0 N–H and O–H groups in total. The van der Waals surface area contributed by atoms with Gasteiger partial charge in [0.2, 0.25) is 5.91 Å². The van der Waals surface area contributed by atoms with E-state index in [1.165, 1.54) is 12.1 Å². The van der Waals surface area contributed by atoms with Crippen molar-refractivity contribution in [3.8, 4) is 11.1 Å². The Kier molecular flexibility index (Phi) is 4.47. The number of aromatic nitrogens is 5. The molecule has 0 spiro atoms. The number of carbonyl (C=O) groups is 1. The molecule has 0 unspecified atom stereocenters. The molecule has 1 amide bonds. The van der Waals surface area contributed by atoms with E-state index >= 15 is 0 Å². The molecule has 1 aliphatic rings. The second-order valence-corrected chi connectivity index (χ2v) is 6.39. The first kappa shape index (κ1) is 16.4. The van der Waals surface area contributed by atoms with E-state index in [0.717, 1.165) is 24.0 Å². The van der Waals surface area contributed by atoms with Gasteiger partial charge in [-0.15, -0.1) is 0 Å². The van der Waals surface area contributed by atoms with Gasteiger partial charge in [-0.05, 0) is 30.5 Å². The van der Waals surface area contributed by atoms with Crippen LogP contribution in [0.1, 0.15) is 18.9 Å². The molecule has 1 fully saturated rings. The molecule has 2 aromatic heterocycles. The van der Waals surface area contributed by atoms with Crippen LogP contribution in [-0.2, 0) is 11.3 Å². The Hall–Kier alpha value is -3.03. The van der Waals surface area contributed by atoms with Gasteiger partial charge in [0.1, 0.15) is 12.4 Å². The lowest BCUT2D eigenvalue weighted by molar-refractivity contribution is -0.133. The summed E-state index contributed by atoms with van der Waals surface area (Å²) in [6, 6.07) is 6.48. The van der Waals surface area contributed by atoms with E-state index in [4.69, 9.17) is 0 Å². The van der Waals surface area contributed by atoms with Crippen molar-refractivity contribution in [1.29, 1.82) is 0 Å². The van der Waals surface area contributed by atoms with Crippen LogP contribution in [0.4, 0.5) is 4.39 Å². The zero-order chi connectivity index (χ0) is 17.9. The monoisotopic (exact) mass is 354 g/mol. The molecule has 1 saturated heterocycles. The predicted octanol–water partition coefficient (Wildman–Crippen LogP) is 2.14. The lowest BCUT2D eigenvalue weighted by Crippen LogP contribution is -2.41. The number of rotatable bonds is 4. The van der Waals surface area contributed by atoms with Crippen molar-refractivity contribution >= 4 is 5.91 Å². The fourth-order valence-electron chi connectivity index (χ4n) is 3.24. The predicted molar refractivity (Wildman–Crippen MR) is 92.5 cm³/mol. The number of halogens is 1. The Morgan fingerprint density at radius 3 is 2.42 bits per heavy atom. The normalized spacial score (nSPS) is 15.3. The summed E-state index contributed by atoms with van der Waals surface area (Å²) in [5.41, 5.74) is 1.74. The quantitative estimate of drug-likeness (QED) is 0.720. The second-order valence-electron chi connectivity index (χ2n) is 6.39. The number of likely N-dealkylation sites (tertiary alicyclic amines) is 1. The SMILES string of the molecule is O=C(Cn1cc(-c2ccc(F)cc2)cn1)N1CCC(n2nccn2)CC1. The topological polar surface area (TPSA) is 68.8 Å². The van der Waals surface area contributed by atoms with E-state index in [1.807, 2.05) is 11.1 Å². The van der Waals surface area contributed by atoms with E-state index in [9.17, 15) is 9.18 Å². The van der Waals surface area contributed by atoms with Crippen molar-refractivity contribution in [3.63, 3.8) is 0 Å². The minimum absolute atomic E-state index is 0.0469. The van der Waals surface area contributed by atoms with Crippen LogP contribution in [0, 0.1) is 5.82 Å². The number of carbonyl (C=O) groups excluding carboxylic acids is 1. The van der Waals surface area contributed by atoms with Gasteiger partial charge in [-0.2, -0.15) is 20.1 Å². The van der Waals surface area contributed by atoms with Crippen molar-refractivity contribution < 1.29 is 9.18 Å². The third kappa shape index (κ3) is 3.49. The standard InChI is InChI=1S/C18H19FN6O/c19-16-3-1-14(2-4-16)15-11-22-24(12-15)13-18(26)23-9-5-17(6-10-23)25-20-7-8-21-25/h1-4,7-8,11-12,17H,5-6,9-10,13H2. The summed E-state index contributed by atoms with van der Waals surface area (Å²) in [5, 5.41) is 12.6. The van der Waals surface area contributed by atoms with Crippen LogP contribution in [0.5, 0.6) is 0 Å². The van der Waals surface area contributed by atoms with Gasteiger partial charge in [-0.25, -0.2) is 4.39 Å². The fourth-order valence-corrected chi connectivity index (χ4v) is 3.24. The van der Waals surface area contributed by atoms with Gasteiger partial charge in [-0.3, -0.25) is 9.48 Å². The molecule has 0 saturated carbocycles. The van der Waals surface area contributed by atoms with Gasteiger partial charge in [0.05, 0.1) is 24.6 Å². The zero-order valence-corrected chi connectivity index (χ0v) is 14.2. The smallest absolute Gasteiger partial charge is 0.244 e. The first-order valence-electron chi connectivity index (χ1n) is 8.61. The molecule has 0 radical (unpaired) electrons. The number of piperidine rings is 1. The highest BCUT2D eigenvalue weighted by Gasteiger charge is 2.24. The number of benzene rings is 1. The first-order valence-corrected chi connectivity index (χ1v) is 8.61. The van der Waals surface area contributed by atoms with Crippen molar-refractivity contribution in [1.82, 2.24) is 29.7 Å². The Balaban J connectivity index is 1.35. The summed E-state index contributed by atoms with van der Waals surface area (Å²) in [5.74, 6) is -0.226. The molecule has 1 aliphatic heterocycles. The number of nitrogens with zero attached hydrogens (tertiary/aromatic N) is 6. The van der Waals surface area contributed by atoms with Crippen LogP contribution < -0.4 is 0 Å². The molecule has 3 heterocycles. The molecular weight excluding hydrogens is 335 g/mol. The van der Waals surface area contributed by atoms with Crippen molar-refractivity contribution in [2.45, 2.75) is 25.4 Å². The highest BCUT2D eigenvalue weighted by atomic mass is 19.1. The van der Waals surface area contributed by atoms with Crippen LogP contribution in [-0.4, -0.2) is 48.7 Å². The minimum atomic E-state index is -0.273. The number of hydrogen-bond donors (Lipinski definition) is 0. The van der Waals surface area contributed by atoms with Gasteiger partial charge in [0, 0.05) is 24.8 Å². The molecule has 3 aromatic rings. The largest absolute Gasteiger partial charge is 0.341 e. The summed E-state index contributed by atoms with van der Waals surface area (Å²) in [4.78, 5) is 16.1. The third-order valence-corrected chi connectivity index (χ3v) is 4.69. The van der Waals surface area contributed by atoms with Gasteiger partial charge in [0.15, 0.2) is 0 Å². The third-order valence-electron chi connectivity index (χ3n) is 4.69. The van der Waals surface area contributed by atoms with Gasteiger partial charge in [0.25, 0.3) is 0 Å². The van der Waals surface area contributed by atoms with E-state index in [1.54, 1.807) is 40.2 Å². The Labute approximate surface area is 150 Å². The molecule has 26 heavy (non-hydrogen) atoms. The molecule has 0 aliphatic carbocycles. The molecule has 8 heteroatoms. The maximum atomic E-state index is 13.0. The summed E-state index contributed by atoms with van der Waals surface area (Å²) in [7, 11) is 0. The first-order chi connectivity index (χ1) is 12.7. The summed E-state index contributed by atoms with van der Waals surface area (Å²) < 4.78 is 14.6. The average Bonchev–Trinajstić information content (AvgIpc) is 3.35. The Morgan fingerprint density at radius 1 is 1.04 bits per heavy atom. The number of hydrogen-bond acceptors (Lipinski definition) is 4. The lowest BCUT2D eigenvalue weighted by Gasteiger charge is -2.31. The second kappa shape index (κ2) is 7.07. The van der Waals surface area contributed by atoms with E-state index in [2.05, 4.69) is 15.3 Å². The van der Waals surface area contributed by atoms with E-state index < -0.39 is 0 Å². The van der Waals surface area contributed by atoms with Gasteiger partial charge >= 0.3 is 0 Å². The molecule has 0 atom stereocenters. The number of amides is 1. The maximum Gasteiger partial charge on any atom is 0.244 e. The average molecular weight is 354 g/mol. The summed E-state index contributed by atoms with van der Waals surface area (Å²) in [6.45, 7) is 1.58. The zero-order valence-electron chi connectivity index (χ0n) is 14.2. The van der Waals surface area contributed by atoms with Crippen LogP contribution in [0.15, 0.2) is 49.1 Å². The Bertz CT molecular complexity index is 865. The molecule has 7 nitrogen and oxygen atoms in total. The van der Waals surface area contributed by atoms with Crippen molar-refractivity contribution in [3.05, 3.63) is 54.9 Å². The molecule has 1 aromatic carbocycles. The molecule has 134 valence electrons. The molecular formula is C18H19FN6O. The minimum Gasteiger partial charge on any atom is -0.341 e. The summed E-state index contributed by atoms with van der Waals surface area (Å²) >= 11 is 0. The van der Waals surface area contributed by atoms with E-state index in [-0.39, 0.29) is 24.3 Å². The Morgan fingerprint density at radius 2 is 1.73 bits per heavy atom. The molecule has 4 rings (SSSR count). The van der Waals surface area contributed by atoms with Crippen LogP contribution in [0.3, 0.4) is 0 Å². The summed E-state index contributed by atoms with van der Waals surface area (Å²) in [6.07, 6.45) is 8.55. The van der Waals surface area contributed by atoms with Gasteiger partial charge < -0.3 is 4.90 Å². The van der Waals surface area contributed by atoms with Crippen LogP contribution in [0.2, 0.25) is 0 Å². The lowest BCUT2D eigenvalue weighted by atomic mass is 10.1. The highest BCUT2D eigenvalue weighted by Crippen LogP contribution is 2.21. The van der Waals surface area contributed by atoms with Crippen molar-refractivity contribution in [2.24, 2.45) is 0 Å². The van der Waals surface area contributed by atoms with E-state index in [0.29, 0.717) is 13.1 Å². The van der Waals surface area contributed by atoms with Crippen LogP contribution in [0.25, 0.3) is 11.1 Å². The van der Waals surface area contributed by atoms with Crippen LogP contribution >= 0.6 is 0 Å². The maximum absolute atomic E-state index is 13.0. The van der Waals surface area contributed by atoms with Crippen molar-refractivity contribution in [2.75, 3.05) is 13.1 Å². The highest BCUT2D eigenvalue weighted by molar-refractivity contribution is 5.76. The van der Waals surface area contributed by atoms with Gasteiger partial charge in [-0.1, -0.05) is 12.1 Å². The fraction of sp³-hybridized carbons (Fsp3) is 0.333. The molecule has 0 bridgehead atoms.